The van der Waals surface area contributed by atoms with Crippen molar-refractivity contribution in [2.24, 2.45) is 0 Å². The molecule has 110 valence electrons. The van der Waals surface area contributed by atoms with Gasteiger partial charge in [-0.2, -0.15) is 5.26 Å². The minimum Gasteiger partial charge on any atom is -0.478 e. The van der Waals surface area contributed by atoms with Gasteiger partial charge < -0.3 is 9.84 Å². The molecule has 0 spiro atoms. The third kappa shape index (κ3) is 45.7. The lowest BCUT2D eigenvalue weighted by atomic mass is 10.4. The number of carboxylic acid groups (broad SMARTS) is 1. The Morgan fingerprint density at radius 3 is 1.80 bits per heavy atom. The first-order chi connectivity index (χ1) is 9.37. The number of esters is 1. The Morgan fingerprint density at radius 1 is 1.30 bits per heavy atom. The van der Waals surface area contributed by atoms with Gasteiger partial charge in [-0.1, -0.05) is 32.4 Å². The van der Waals surface area contributed by atoms with E-state index in [1.165, 1.54) is 19.1 Å². The zero-order chi connectivity index (χ0) is 17.0. The maximum Gasteiger partial charge on any atom is 0.330 e. The van der Waals surface area contributed by atoms with Gasteiger partial charge >= 0.3 is 11.9 Å². The molecule has 0 heterocycles. The third-order valence-corrected chi connectivity index (χ3v) is 0.966. The van der Waals surface area contributed by atoms with Crippen molar-refractivity contribution in [3.8, 4) is 6.07 Å². The van der Waals surface area contributed by atoms with Crippen LogP contribution in [0.4, 0.5) is 0 Å². The normalized spacial score (nSPS) is 6.20. The highest BCUT2D eigenvalue weighted by Gasteiger charge is 1.90. The highest BCUT2D eigenvalue weighted by Crippen LogP contribution is 1.81. The molecule has 1 N–H and O–H groups in total. The molecule has 0 bridgehead atoms. The van der Waals surface area contributed by atoms with Gasteiger partial charge in [0.05, 0.1) is 6.07 Å². The van der Waals surface area contributed by atoms with Crippen LogP contribution in [0, 0.1) is 11.3 Å². The predicted octanol–water partition coefficient (Wildman–Crippen LogP) is 3.05. The summed E-state index contributed by atoms with van der Waals surface area (Å²) in [5, 5.41) is 15.4. The van der Waals surface area contributed by atoms with Crippen molar-refractivity contribution in [1.82, 2.24) is 0 Å². The van der Waals surface area contributed by atoms with Gasteiger partial charge in [-0.25, -0.2) is 9.59 Å². The van der Waals surface area contributed by atoms with E-state index in [2.05, 4.69) is 44.2 Å². The van der Waals surface area contributed by atoms with Gasteiger partial charge in [-0.3, -0.25) is 0 Å². The number of hydrogen-bond donors (Lipinski definition) is 1. The summed E-state index contributed by atoms with van der Waals surface area (Å²) in [5.74, 6) is -1.35. The first-order valence-corrected chi connectivity index (χ1v) is 5.16. The van der Waals surface area contributed by atoms with Crippen LogP contribution in [0.5, 0.6) is 0 Å². The molecule has 0 aromatic carbocycles. The molecule has 0 fully saturated rings. The van der Waals surface area contributed by atoms with Crippen LogP contribution in [0.25, 0.3) is 0 Å². The lowest BCUT2D eigenvalue weighted by Gasteiger charge is -1.92. The molecule has 0 atom stereocenters. The number of nitrogens with zero attached hydrogens (tertiary/aromatic N) is 1. The number of carboxylic acids is 1. The molecule has 0 unspecified atom stereocenters. The maximum atomic E-state index is 10.2. The van der Waals surface area contributed by atoms with Gasteiger partial charge in [0.25, 0.3) is 0 Å². The molecule has 0 saturated heterocycles. The summed E-state index contributed by atoms with van der Waals surface area (Å²) in [5.41, 5.74) is 0.176. The smallest absolute Gasteiger partial charge is 0.330 e. The van der Waals surface area contributed by atoms with Crippen molar-refractivity contribution >= 4 is 11.9 Å². The van der Waals surface area contributed by atoms with E-state index in [1.807, 2.05) is 0 Å². The van der Waals surface area contributed by atoms with Crippen molar-refractivity contribution in [3.05, 3.63) is 63.3 Å². The van der Waals surface area contributed by atoms with Crippen molar-refractivity contribution < 1.29 is 19.4 Å². The molecule has 20 heavy (non-hydrogen) atoms. The summed E-state index contributed by atoms with van der Waals surface area (Å²) in [6.45, 7) is 20.5. The number of nitriles is 1. The lowest BCUT2D eigenvalue weighted by Crippen LogP contribution is -1.98. The Morgan fingerprint density at radius 2 is 1.65 bits per heavy atom. The van der Waals surface area contributed by atoms with Gasteiger partial charge in [0.1, 0.15) is 6.61 Å². The van der Waals surface area contributed by atoms with Gasteiger partial charge in [-0.05, 0) is 6.92 Å². The standard InChI is InChI=1S/C6H8O2.C4H6O2.C3H3N.C2H4/c1-3-5-8-6(7)4-2;1-3(2)4(5)6;1-2-3-4;1-2/h3-4H,1-2,5H2;1H2,2H3,(H,5,6);2H,1H2;1-2H2. The molecule has 0 aliphatic rings. The monoisotopic (exact) mass is 279 g/mol. The molecule has 0 aliphatic carbocycles. The number of carbonyl (C=O) groups excluding carboxylic acids is 1. The summed E-state index contributed by atoms with van der Waals surface area (Å²) >= 11 is 0. The second-order valence-corrected chi connectivity index (χ2v) is 2.54. The van der Waals surface area contributed by atoms with E-state index < -0.39 is 11.9 Å². The zero-order valence-electron chi connectivity index (χ0n) is 11.8. The molecule has 0 aromatic rings. The summed E-state index contributed by atoms with van der Waals surface area (Å²) in [4.78, 5) is 19.8. The fourth-order valence-corrected chi connectivity index (χ4v) is 0.200. The zero-order valence-corrected chi connectivity index (χ0v) is 11.8. The van der Waals surface area contributed by atoms with Gasteiger partial charge in [0, 0.05) is 17.7 Å². The molecular formula is C15H21NO4. The fraction of sp³-hybridized carbons (Fsp3) is 0.133. The predicted molar refractivity (Wildman–Crippen MR) is 80.9 cm³/mol. The van der Waals surface area contributed by atoms with Crippen LogP contribution >= 0.6 is 0 Å². The molecular weight excluding hydrogens is 258 g/mol. The fourth-order valence-electron chi connectivity index (χ4n) is 0.200. The molecule has 0 saturated carbocycles. The number of aliphatic carboxylic acids is 1. The number of allylic oxidation sites excluding steroid dienone is 1. The molecule has 5 heteroatoms. The largest absolute Gasteiger partial charge is 0.478 e. The summed E-state index contributed by atoms with van der Waals surface area (Å²) < 4.78 is 4.47. The first-order valence-electron chi connectivity index (χ1n) is 5.16. The van der Waals surface area contributed by atoms with Gasteiger partial charge in [-0.15, -0.1) is 13.2 Å². The SMILES string of the molecule is C=C.C=C(C)C(=O)O.C=CC#N.C=CCOC(=O)C=C. The number of rotatable bonds is 4. The molecule has 0 aromatic heterocycles. The number of hydrogen-bond acceptors (Lipinski definition) is 4. The maximum absolute atomic E-state index is 10.2. The first kappa shape index (κ1) is 25.9. The summed E-state index contributed by atoms with van der Waals surface area (Å²) in [6, 6.07) is 1.69. The Kier molecular flexibility index (Phi) is 32.4. The van der Waals surface area contributed by atoms with Crippen LogP contribution in [0.3, 0.4) is 0 Å². The Hall–Kier alpha value is -2.87. The summed E-state index contributed by atoms with van der Waals surface area (Å²) in [6.07, 6.45) is 3.80. The second-order valence-electron chi connectivity index (χ2n) is 2.54. The van der Waals surface area contributed by atoms with Gasteiger partial charge in [0.15, 0.2) is 0 Å². The van der Waals surface area contributed by atoms with E-state index in [0.29, 0.717) is 0 Å². The van der Waals surface area contributed by atoms with Crippen LogP contribution in [0.2, 0.25) is 0 Å². The van der Waals surface area contributed by atoms with Gasteiger partial charge in [0.2, 0.25) is 0 Å². The minimum absolute atomic E-state index is 0.176. The van der Waals surface area contributed by atoms with Crippen LogP contribution in [-0.2, 0) is 14.3 Å². The topological polar surface area (TPSA) is 87.4 Å². The van der Waals surface area contributed by atoms with Crippen LogP contribution < -0.4 is 0 Å². The Balaban J connectivity index is -0.0000000947. The highest BCUT2D eigenvalue weighted by molar-refractivity contribution is 5.84. The molecule has 0 rings (SSSR count). The van der Waals surface area contributed by atoms with Crippen LogP contribution in [-0.4, -0.2) is 23.7 Å². The average molecular weight is 279 g/mol. The second kappa shape index (κ2) is 25.1. The van der Waals surface area contributed by atoms with E-state index in [1.54, 1.807) is 6.07 Å². The van der Waals surface area contributed by atoms with Crippen molar-refractivity contribution in [1.29, 1.82) is 5.26 Å². The van der Waals surface area contributed by atoms with E-state index in [4.69, 9.17) is 10.4 Å². The molecule has 0 aliphatic heterocycles. The molecule has 0 amide bonds. The quantitative estimate of drug-likeness (QED) is 0.370. The van der Waals surface area contributed by atoms with Crippen molar-refractivity contribution in [3.63, 3.8) is 0 Å². The lowest BCUT2D eigenvalue weighted by molar-refractivity contribution is -0.136. The van der Waals surface area contributed by atoms with E-state index >= 15 is 0 Å². The molecule has 5 nitrogen and oxygen atoms in total. The van der Waals surface area contributed by atoms with Crippen molar-refractivity contribution in [2.75, 3.05) is 6.61 Å². The van der Waals surface area contributed by atoms with Crippen molar-refractivity contribution in [2.45, 2.75) is 6.92 Å². The Labute approximate surface area is 120 Å². The van der Waals surface area contributed by atoms with E-state index in [-0.39, 0.29) is 12.2 Å². The summed E-state index contributed by atoms with van der Waals surface area (Å²) in [7, 11) is 0. The third-order valence-electron chi connectivity index (χ3n) is 0.966. The Bertz CT molecular complexity index is 353. The highest BCUT2D eigenvalue weighted by atomic mass is 16.5. The van der Waals surface area contributed by atoms with E-state index in [0.717, 1.165) is 6.08 Å². The average Bonchev–Trinajstić information content (AvgIpc) is 2.47. The van der Waals surface area contributed by atoms with Crippen LogP contribution in [0.1, 0.15) is 6.92 Å². The van der Waals surface area contributed by atoms with Crippen LogP contribution in [0.15, 0.2) is 63.3 Å². The minimum atomic E-state index is -0.935. The molecule has 0 radical (unpaired) electrons. The number of carbonyl (C=O) groups is 2. The number of ether oxygens (including phenoxy) is 1. The van der Waals surface area contributed by atoms with E-state index in [9.17, 15) is 9.59 Å².